The molecule has 0 radical (unpaired) electrons. The normalized spacial score (nSPS) is 9.33. The summed E-state index contributed by atoms with van der Waals surface area (Å²) in [5.41, 5.74) is 0. The van der Waals surface area contributed by atoms with Crippen molar-refractivity contribution in [1.29, 1.82) is 0 Å². The number of carbonyl (C=O) groups is 4. The van der Waals surface area contributed by atoms with Crippen molar-refractivity contribution in [3.8, 4) is 0 Å². The molecule has 0 unspecified atom stereocenters. The van der Waals surface area contributed by atoms with Gasteiger partial charge in [0, 0.05) is 23.9 Å². The molecule has 10 heteroatoms. The van der Waals surface area contributed by atoms with Gasteiger partial charge in [-0.1, -0.05) is 51.4 Å². The van der Waals surface area contributed by atoms with Crippen LogP contribution < -0.4 is 20.4 Å². The van der Waals surface area contributed by atoms with Crippen molar-refractivity contribution in [1.82, 2.24) is 0 Å². The molecule has 0 N–H and O–H groups in total. The maximum atomic E-state index is 10.0. The number of carbonyl (C=O) groups excluding carboxylic acids is 4. The summed E-state index contributed by atoms with van der Waals surface area (Å²) < 4.78 is 0. The Hall–Kier alpha value is 0.399. The molecule has 0 aliphatic heterocycles. The van der Waals surface area contributed by atoms with Gasteiger partial charge in [-0.05, 0) is 51.4 Å². The Balaban J connectivity index is -0.000000211. The Morgan fingerprint density at radius 3 is 0.600 bits per heavy atom. The fraction of sp³-hybridized carbons (Fsp3) is 0.800. The molecule has 0 aromatic rings. The van der Waals surface area contributed by atoms with Gasteiger partial charge < -0.3 is 39.6 Å². The molecule has 0 fully saturated rings. The fourth-order valence-corrected chi connectivity index (χ4v) is 2.49. The maximum absolute atomic E-state index is 10.0. The summed E-state index contributed by atoms with van der Waals surface area (Å²) in [7, 11) is 0. The standard InChI is InChI=1S/2C10H18O4.2Ca/c2*11-9(12)7-5-3-1-2-4-6-8-10(13)14;;/h2*1-8H2,(H,11,12)(H,13,14);;/q;;2*+2/p-4. The number of aliphatic carboxylic acids is 4. The minimum Gasteiger partial charge on any atom is -0.550 e. The van der Waals surface area contributed by atoms with Crippen LogP contribution in [-0.2, 0) is 19.2 Å². The molecule has 0 saturated heterocycles. The molecule has 0 aliphatic rings. The molecule has 0 aromatic carbocycles. The molecule has 0 saturated carbocycles. The zero-order chi connectivity index (χ0) is 21.6. The Bertz CT molecular complexity index is 365. The molecule has 0 aliphatic carbocycles. The third-order valence-electron chi connectivity index (χ3n) is 4.02. The first kappa shape index (κ1) is 37.7. The second-order valence-electron chi connectivity index (χ2n) is 6.73. The fourth-order valence-electron chi connectivity index (χ4n) is 2.49. The second kappa shape index (κ2) is 29.4. The maximum Gasteiger partial charge on any atom is 2.00 e. The monoisotopic (exact) mass is 480 g/mol. The van der Waals surface area contributed by atoms with E-state index in [0.29, 0.717) is 25.7 Å². The van der Waals surface area contributed by atoms with Gasteiger partial charge in [-0.2, -0.15) is 0 Å². The summed E-state index contributed by atoms with van der Waals surface area (Å²) in [6.45, 7) is 0. The van der Waals surface area contributed by atoms with E-state index in [1.807, 2.05) is 0 Å². The predicted molar refractivity (Wildman–Crippen MR) is 105 cm³/mol. The first-order valence-electron chi connectivity index (χ1n) is 10.0. The van der Waals surface area contributed by atoms with Crippen molar-refractivity contribution in [2.75, 3.05) is 0 Å². The SMILES string of the molecule is O=C([O-])CCCCCCCCC(=O)[O-].O=C([O-])CCCCCCCCC(=O)[O-].[Ca+2].[Ca+2]. The van der Waals surface area contributed by atoms with E-state index in [9.17, 15) is 39.6 Å². The van der Waals surface area contributed by atoms with Gasteiger partial charge in [0.15, 0.2) is 0 Å². The Labute approximate surface area is 239 Å². The summed E-state index contributed by atoms with van der Waals surface area (Å²) in [6, 6.07) is 0. The molecule has 0 heterocycles. The van der Waals surface area contributed by atoms with Crippen LogP contribution in [0.2, 0.25) is 0 Å². The molecule has 0 atom stereocenters. The van der Waals surface area contributed by atoms with E-state index in [-0.39, 0.29) is 101 Å². The number of carboxylic acid groups (broad SMARTS) is 4. The van der Waals surface area contributed by atoms with Crippen LogP contribution in [0.4, 0.5) is 0 Å². The number of unbranched alkanes of at least 4 members (excludes halogenated alkanes) is 10. The van der Waals surface area contributed by atoms with Crippen molar-refractivity contribution in [3.63, 3.8) is 0 Å². The smallest absolute Gasteiger partial charge is 0.550 e. The zero-order valence-corrected chi connectivity index (χ0v) is 22.4. The zero-order valence-electron chi connectivity index (χ0n) is 18.0. The summed E-state index contributed by atoms with van der Waals surface area (Å²) in [6.07, 6.45) is 10.5. The van der Waals surface area contributed by atoms with Crippen molar-refractivity contribution in [2.45, 2.75) is 103 Å². The molecule has 0 amide bonds. The molecular formula is C20H32Ca2O8. The van der Waals surface area contributed by atoms with Crippen molar-refractivity contribution in [3.05, 3.63) is 0 Å². The van der Waals surface area contributed by atoms with E-state index >= 15 is 0 Å². The van der Waals surface area contributed by atoms with Gasteiger partial charge in [0.1, 0.15) is 0 Å². The topological polar surface area (TPSA) is 161 Å². The van der Waals surface area contributed by atoms with Gasteiger partial charge in [-0.3, -0.25) is 0 Å². The average Bonchev–Trinajstić information content (AvgIpc) is 2.59. The van der Waals surface area contributed by atoms with Gasteiger partial charge in [0.2, 0.25) is 0 Å². The van der Waals surface area contributed by atoms with E-state index in [1.54, 1.807) is 0 Å². The van der Waals surface area contributed by atoms with Gasteiger partial charge in [0.05, 0.1) is 0 Å². The number of carboxylic acids is 4. The summed E-state index contributed by atoms with van der Waals surface area (Å²) in [5.74, 6) is -3.99. The number of hydrogen-bond acceptors (Lipinski definition) is 8. The first-order chi connectivity index (χ1) is 13.3. The quantitative estimate of drug-likeness (QED) is 0.168. The van der Waals surface area contributed by atoms with Crippen LogP contribution in [0.5, 0.6) is 0 Å². The van der Waals surface area contributed by atoms with E-state index in [0.717, 1.165) is 51.4 Å². The molecule has 30 heavy (non-hydrogen) atoms. The minimum atomic E-state index is -0.998. The third-order valence-corrected chi connectivity index (χ3v) is 4.02. The molecule has 0 bridgehead atoms. The average molecular weight is 481 g/mol. The summed E-state index contributed by atoms with van der Waals surface area (Å²) >= 11 is 0. The Morgan fingerprint density at radius 2 is 0.467 bits per heavy atom. The minimum absolute atomic E-state index is 0. The van der Waals surface area contributed by atoms with Gasteiger partial charge in [-0.25, -0.2) is 0 Å². The van der Waals surface area contributed by atoms with Crippen LogP contribution in [0.15, 0.2) is 0 Å². The van der Waals surface area contributed by atoms with Crippen LogP contribution >= 0.6 is 0 Å². The predicted octanol–water partition coefficient (Wildman–Crippen LogP) is -1.55. The first-order valence-corrected chi connectivity index (χ1v) is 10.0. The largest absolute Gasteiger partial charge is 2.00 e. The molecule has 8 nitrogen and oxygen atoms in total. The number of hydrogen-bond donors (Lipinski definition) is 0. The molecule has 0 aromatic heterocycles. The Morgan fingerprint density at radius 1 is 0.333 bits per heavy atom. The summed E-state index contributed by atoms with van der Waals surface area (Å²) in [4.78, 5) is 40.1. The van der Waals surface area contributed by atoms with Crippen molar-refractivity contribution in [2.24, 2.45) is 0 Å². The van der Waals surface area contributed by atoms with E-state index in [1.165, 1.54) is 0 Å². The van der Waals surface area contributed by atoms with Crippen LogP contribution in [-0.4, -0.2) is 99.4 Å². The van der Waals surface area contributed by atoms with Gasteiger partial charge in [-0.15, -0.1) is 0 Å². The van der Waals surface area contributed by atoms with E-state index in [2.05, 4.69) is 0 Å². The Kier molecular flexibility index (Phi) is 36.9. The molecule has 0 rings (SSSR count). The van der Waals surface area contributed by atoms with Crippen LogP contribution in [0, 0.1) is 0 Å². The van der Waals surface area contributed by atoms with E-state index < -0.39 is 23.9 Å². The third kappa shape index (κ3) is 42.5. The van der Waals surface area contributed by atoms with E-state index in [4.69, 9.17) is 0 Å². The van der Waals surface area contributed by atoms with Gasteiger partial charge >= 0.3 is 75.5 Å². The molecular weight excluding hydrogens is 448 g/mol. The summed E-state index contributed by atoms with van der Waals surface area (Å²) in [5, 5.41) is 40.1. The van der Waals surface area contributed by atoms with Crippen LogP contribution in [0.1, 0.15) is 103 Å². The second-order valence-corrected chi connectivity index (χ2v) is 6.73. The number of rotatable bonds is 18. The van der Waals surface area contributed by atoms with Crippen LogP contribution in [0.3, 0.4) is 0 Å². The molecule has 0 spiro atoms. The van der Waals surface area contributed by atoms with Gasteiger partial charge in [0.25, 0.3) is 0 Å². The van der Waals surface area contributed by atoms with Crippen molar-refractivity contribution < 1.29 is 39.6 Å². The van der Waals surface area contributed by atoms with Crippen LogP contribution in [0.25, 0.3) is 0 Å². The van der Waals surface area contributed by atoms with Crippen molar-refractivity contribution >= 4 is 99.4 Å². The molecule has 164 valence electrons.